The van der Waals surface area contributed by atoms with E-state index < -0.39 is 0 Å². The SMILES string of the molecule is CCn1ncc(N)c1C(=O)N1CCC(C)CC1C. The maximum Gasteiger partial charge on any atom is 0.274 e. The van der Waals surface area contributed by atoms with Crippen molar-refractivity contribution in [3.05, 3.63) is 11.9 Å². The van der Waals surface area contributed by atoms with E-state index in [4.69, 9.17) is 5.73 Å². The summed E-state index contributed by atoms with van der Waals surface area (Å²) in [5, 5.41) is 4.13. The van der Waals surface area contributed by atoms with Crippen LogP contribution < -0.4 is 5.73 Å². The van der Waals surface area contributed by atoms with Gasteiger partial charge in [0.2, 0.25) is 0 Å². The molecule has 0 spiro atoms. The first-order valence-electron chi connectivity index (χ1n) is 6.66. The molecular formula is C13H22N4O. The zero-order valence-corrected chi connectivity index (χ0v) is 11.4. The number of anilines is 1. The first kappa shape index (κ1) is 12.9. The molecule has 1 aromatic rings. The van der Waals surface area contributed by atoms with Crippen LogP contribution in [0.3, 0.4) is 0 Å². The number of nitrogens with zero attached hydrogens (tertiary/aromatic N) is 3. The number of nitrogens with two attached hydrogens (primary N) is 1. The molecule has 0 aliphatic carbocycles. The Balaban J connectivity index is 2.23. The monoisotopic (exact) mass is 250 g/mol. The molecule has 1 saturated heterocycles. The number of amides is 1. The van der Waals surface area contributed by atoms with Gasteiger partial charge >= 0.3 is 0 Å². The van der Waals surface area contributed by atoms with Gasteiger partial charge in [-0.05, 0) is 32.6 Å². The highest BCUT2D eigenvalue weighted by Crippen LogP contribution is 2.25. The van der Waals surface area contributed by atoms with Gasteiger partial charge < -0.3 is 10.6 Å². The fourth-order valence-electron chi connectivity index (χ4n) is 2.72. The molecule has 1 fully saturated rings. The molecule has 2 heterocycles. The van der Waals surface area contributed by atoms with Crippen LogP contribution in [0.25, 0.3) is 0 Å². The number of carbonyl (C=O) groups excluding carboxylic acids is 1. The predicted molar refractivity (Wildman–Crippen MR) is 71.2 cm³/mol. The molecule has 100 valence electrons. The third-order valence-electron chi connectivity index (χ3n) is 3.77. The Morgan fingerprint density at radius 1 is 1.56 bits per heavy atom. The Bertz CT molecular complexity index is 440. The largest absolute Gasteiger partial charge is 0.396 e. The average Bonchev–Trinajstić information content (AvgIpc) is 2.69. The molecule has 0 aromatic carbocycles. The van der Waals surface area contributed by atoms with Gasteiger partial charge in [-0.25, -0.2) is 0 Å². The summed E-state index contributed by atoms with van der Waals surface area (Å²) in [6.45, 7) is 7.79. The molecule has 2 unspecified atom stereocenters. The Morgan fingerprint density at radius 3 is 2.89 bits per heavy atom. The molecule has 0 saturated carbocycles. The molecule has 1 amide bonds. The number of hydrogen-bond acceptors (Lipinski definition) is 3. The van der Waals surface area contributed by atoms with E-state index in [0.29, 0.717) is 23.8 Å². The topological polar surface area (TPSA) is 64.2 Å². The summed E-state index contributed by atoms with van der Waals surface area (Å²) in [6, 6.07) is 0.279. The van der Waals surface area contributed by atoms with Gasteiger partial charge in [-0.2, -0.15) is 5.10 Å². The van der Waals surface area contributed by atoms with Crippen molar-refractivity contribution < 1.29 is 4.79 Å². The summed E-state index contributed by atoms with van der Waals surface area (Å²) in [7, 11) is 0. The minimum atomic E-state index is 0.0197. The van der Waals surface area contributed by atoms with Crippen molar-refractivity contribution in [2.24, 2.45) is 5.92 Å². The second kappa shape index (κ2) is 5.00. The highest BCUT2D eigenvalue weighted by molar-refractivity contribution is 5.97. The normalized spacial score (nSPS) is 24.3. The molecule has 0 bridgehead atoms. The lowest BCUT2D eigenvalue weighted by molar-refractivity contribution is 0.0577. The van der Waals surface area contributed by atoms with E-state index in [-0.39, 0.29) is 11.9 Å². The quantitative estimate of drug-likeness (QED) is 0.869. The summed E-state index contributed by atoms with van der Waals surface area (Å²) < 4.78 is 1.68. The molecule has 5 heteroatoms. The van der Waals surface area contributed by atoms with Gasteiger partial charge in [-0.15, -0.1) is 0 Å². The minimum Gasteiger partial charge on any atom is -0.396 e. The second-order valence-corrected chi connectivity index (χ2v) is 5.24. The highest BCUT2D eigenvalue weighted by Gasteiger charge is 2.30. The zero-order chi connectivity index (χ0) is 13.3. The predicted octanol–water partition coefficient (Wildman–Crippen LogP) is 1.75. The van der Waals surface area contributed by atoms with Gasteiger partial charge in [0.1, 0.15) is 5.69 Å². The van der Waals surface area contributed by atoms with Gasteiger partial charge in [0.25, 0.3) is 5.91 Å². The highest BCUT2D eigenvalue weighted by atomic mass is 16.2. The lowest BCUT2D eigenvalue weighted by atomic mass is 9.93. The van der Waals surface area contributed by atoms with E-state index in [0.717, 1.165) is 19.4 Å². The Hall–Kier alpha value is -1.52. The molecule has 2 rings (SSSR count). The summed E-state index contributed by atoms with van der Waals surface area (Å²) in [6.07, 6.45) is 3.69. The minimum absolute atomic E-state index is 0.0197. The van der Waals surface area contributed by atoms with Crippen LogP contribution in [0.4, 0.5) is 5.69 Å². The molecule has 1 aliphatic rings. The molecule has 2 N–H and O–H groups in total. The van der Waals surface area contributed by atoms with Crippen LogP contribution in [0.1, 0.15) is 44.1 Å². The molecule has 18 heavy (non-hydrogen) atoms. The maximum atomic E-state index is 12.6. The molecular weight excluding hydrogens is 228 g/mol. The first-order valence-corrected chi connectivity index (χ1v) is 6.66. The van der Waals surface area contributed by atoms with E-state index >= 15 is 0 Å². The molecule has 5 nitrogen and oxygen atoms in total. The lowest BCUT2D eigenvalue weighted by Gasteiger charge is -2.36. The Labute approximate surface area is 108 Å². The second-order valence-electron chi connectivity index (χ2n) is 5.24. The lowest BCUT2D eigenvalue weighted by Crippen LogP contribution is -2.45. The molecule has 1 aliphatic heterocycles. The van der Waals surface area contributed by atoms with E-state index in [1.165, 1.54) is 0 Å². The Morgan fingerprint density at radius 2 is 2.28 bits per heavy atom. The fourth-order valence-corrected chi connectivity index (χ4v) is 2.72. The molecule has 1 aromatic heterocycles. The van der Waals surface area contributed by atoms with E-state index in [1.807, 2.05) is 11.8 Å². The number of nitrogen functional groups attached to an aromatic ring is 1. The number of piperidine rings is 1. The standard InChI is InChI=1S/C13H22N4O/c1-4-17-12(11(14)8-15-17)13(18)16-6-5-9(2)7-10(16)3/h8-10H,4-7,14H2,1-3H3. The first-order chi connectivity index (χ1) is 8.54. The number of aryl methyl sites for hydroxylation is 1. The number of rotatable bonds is 2. The third kappa shape index (κ3) is 2.21. The van der Waals surface area contributed by atoms with Crippen LogP contribution in [-0.4, -0.2) is 33.2 Å². The van der Waals surface area contributed by atoms with Crippen molar-refractivity contribution in [3.8, 4) is 0 Å². The van der Waals surface area contributed by atoms with Crippen molar-refractivity contribution in [1.82, 2.24) is 14.7 Å². The van der Waals surface area contributed by atoms with Crippen molar-refractivity contribution in [1.29, 1.82) is 0 Å². The van der Waals surface area contributed by atoms with E-state index in [1.54, 1.807) is 10.9 Å². The van der Waals surface area contributed by atoms with E-state index in [9.17, 15) is 4.79 Å². The van der Waals surface area contributed by atoms with Crippen molar-refractivity contribution in [2.75, 3.05) is 12.3 Å². The van der Waals surface area contributed by atoms with Crippen LogP contribution in [0.15, 0.2) is 6.20 Å². The molecule has 2 atom stereocenters. The van der Waals surface area contributed by atoms with Crippen molar-refractivity contribution in [3.63, 3.8) is 0 Å². The number of aromatic nitrogens is 2. The zero-order valence-electron chi connectivity index (χ0n) is 11.4. The molecule has 0 radical (unpaired) electrons. The summed E-state index contributed by atoms with van der Waals surface area (Å²) in [5.74, 6) is 0.712. The number of hydrogen-bond donors (Lipinski definition) is 1. The van der Waals surface area contributed by atoms with Gasteiger partial charge in [-0.3, -0.25) is 9.48 Å². The van der Waals surface area contributed by atoms with E-state index in [2.05, 4.69) is 18.9 Å². The maximum absolute atomic E-state index is 12.6. The fraction of sp³-hybridized carbons (Fsp3) is 0.692. The van der Waals surface area contributed by atoms with Crippen LogP contribution in [0, 0.1) is 5.92 Å². The van der Waals surface area contributed by atoms with Gasteiger partial charge in [-0.1, -0.05) is 6.92 Å². The summed E-state index contributed by atoms with van der Waals surface area (Å²) in [4.78, 5) is 14.5. The van der Waals surface area contributed by atoms with Crippen LogP contribution in [-0.2, 0) is 6.54 Å². The van der Waals surface area contributed by atoms with Gasteiger partial charge in [0.15, 0.2) is 0 Å². The van der Waals surface area contributed by atoms with Crippen molar-refractivity contribution >= 4 is 11.6 Å². The van der Waals surface area contributed by atoms with Gasteiger partial charge in [0.05, 0.1) is 11.9 Å². The van der Waals surface area contributed by atoms with Crippen molar-refractivity contribution in [2.45, 2.75) is 46.2 Å². The third-order valence-corrected chi connectivity index (χ3v) is 3.77. The van der Waals surface area contributed by atoms with Gasteiger partial charge in [0, 0.05) is 19.1 Å². The van der Waals surface area contributed by atoms with Crippen LogP contribution in [0.2, 0.25) is 0 Å². The summed E-state index contributed by atoms with van der Waals surface area (Å²) in [5.41, 5.74) is 6.89. The summed E-state index contributed by atoms with van der Waals surface area (Å²) >= 11 is 0. The Kier molecular flexibility index (Phi) is 3.59. The average molecular weight is 250 g/mol. The number of likely N-dealkylation sites (tertiary alicyclic amines) is 1. The van der Waals surface area contributed by atoms with Crippen LogP contribution in [0.5, 0.6) is 0 Å². The number of carbonyl (C=O) groups is 1. The van der Waals surface area contributed by atoms with Crippen LogP contribution >= 0.6 is 0 Å². The smallest absolute Gasteiger partial charge is 0.274 e.